The molecule has 0 radical (unpaired) electrons. The lowest BCUT2D eigenvalue weighted by atomic mass is 9.66. The molecule has 0 bridgehead atoms. The van der Waals surface area contributed by atoms with Crippen molar-refractivity contribution in [3.63, 3.8) is 0 Å². The van der Waals surface area contributed by atoms with Crippen molar-refractivity contribution in [2.75, 3.05) is 0 Å². The Kier molecular flexibility index (Phi) is 22.5. The first-order valence-electron chi connectivity index (χ1n) is 32.5. The lowest BCUT2D eigenvalue weighted by Gasteiger charge is -2.49. The molecule has 0 aliphatic heterocycles. The van der Waals surface area contributed by atoms with Gasteiger partial charge in [-0.05, 0) is 153 Å². The quantitative estimate of drug-likeness (QED) is 0.0729. The molecule has 2 aromatic heterocycles. The fourth-order valence-corrected chi connectivity index (χ4v) is 15.9. The van der Waals surface area contributed by atoms with Gasteiger partial charge in [0.25, 0.3) is 0 Å². The SMILES string of the molecule is CC[C@@H]1[C@@H](C)[C@H](OCc2ccccc2)[C@@H](OCc2ccccc2)C(c2ccc(C)c(Cc3ccc(-c4ccc(F)cc4)s3)c2)[C@H]1O.CC[C@H]1C(=O)[C@@H](c2ccc(C)c(Cc3ccc(-c4ccc(F)cc4)s3)c2)[C@H](OCc2ccccc2)[C@@H](OCc2ccccc2)[C@@H]1C. The Balaban J connectivity index is 0.000000188. The van der Waals surface area contributed by atoms with Gasteiger partial charge in [-0.3, -0.25) is 4.79 Å². The molecule has 1 N–H and O–H groups in total. The number of aliphatic hydroxyl groups excluding tert-OH is 1. The van der Waals surface area contributed by atoms with Crippen LogP contribution < -0.4 is 0 Å². The number of Topliss-reactive ketones (excluding diaryl/α,β-unsaturated/α-hetero) is 1. The van der Waals surface area contributed by atoms with Gasteiger partial charge in [0.05, 0.1) is 62.9 Å². The lowest BCUT2D eigenvalue weighted by molar-refractivity contribution is -0.178. The third-order valence-electron chi connectivity index (χ3n) is 19.0. The second-order valence-corrected chi connectivity index (χ2v) is 27.4. The molecule has 0 saturated heterocycles. The maximum absolute atomic E-state index is 14.4. The molecule has 1 unspecified atom stereocenters. The topological polar surface area (TPSA) is 74.2 Å². The van der Waals surface area contributed by atoms with E-state index in [1.165, 1.54) is 56.3 Å². The van der Waals surface area contributed by atoms with Crippen LogP contribution in [-0.2, 0) is 63.0 Å². The minimum absolute atomic E-state index is 0.0131. The molecule has 12 rings (SSSR count). The van der Waals surface area contributed by atoms with Crippen molar-refractivity contribution in [3.8, 4) is 20.9 Å². The lowest BCUT2D eigenvalue weighted by Crippen LogP contribution is -2.55. The number of hydrogen-bond donors (Lipinski definition) is 1. The molecule has 2 fully saturated rings. The highest BCUT2D eigenvalue weighted by Gasteiger charge is 2.51. The molecular weight excluding hydrogens is 1180 g/mol. The van der Waals surface area contributed by atoms with Gasteiger partial charge in [-0.1, -0.05) is 216 Å². The minimum atomic E-state index is -0.570. The number of rotatable bonds is 22. The number of benzene rings is 8. The molecule has 2 aliphatic rings. The standard InChI is InChI=1S/C41H43FO3S.C41H41FO3S/c2*1-4-36-28(3)40(44-25-29-11-7-5-8-12-29)41(45-26-30-13-9-6-10-14-30)38(39(36)43)32-16-15-27(2)33(23-32)24-35-21-22-37(46-35)31-17-19-34(42)20-18-31/h5-23,28,36,38-41,43H,4,24-26H2,1-3H3;5-23,28,36,38,40-41H,4,24-26H2,1-3H3/t28-,36-,38?,39+,40+,41+;28-,36-,38-,40+,41+/m11/s1. The molecular formula is C82H84F2O6S2. The monoisotopic (exact) mass is 1270 g/mol. The average molecular weight is 1270 g/mol. The van der Waals surface area contributed by atoms with E-state index in [0.717, 1.165) is 79.9 Å². The van der Waals surface area contributed by atoms with Crippen LogP contribution in [-0.4, -0.2) is 41.4 Å². The summed E-state index contributed by atoms with van der Waals surface area (Å²) in [6, 6.07) is 75.8. The van der Waals surface area contributed by atoms with Gasteiger partial charge in [0.15, 0.2) is 0 Å². The van der Waals surface area contributed by atoms with E-state index in [2.05, 4.69) is 151 Å². The third kappa shape index (κ3) is 16.1. The first-order valence-corrected chi connectivity index (χ1v) is 34.2. The van der Waals surface area contributed by atoms with Gasteiger partial charge in [0.1, 0.15) is 17.4 Å². The van der Waals surface area contributed by atoms with Gasteiger partial charge in [0.2, 0.25) is 0 Å². The van der Waals surface area contributed by atoms with E-state index in [4.69, 9.17) is 18.9 Å². The van der Waals surface area contributed by atoms with E-state index in [9.17, 15) is 18.7 Å². The Morgan fingerprint density at radius 1 is 0.435 bits per heavy atom. The van der Waals surface area contributed by atoms with Crippen LogP contribution in [0.1, 0.15) is 118 Å². The van der Waals surface area contributed by atoms with E-state index in [1.54, 1.807) is 22.7 Å². The largest absolute Gasteiger partial charge is 0.392 e. The molecule has 11 atom stereocenters. The van der Waals surface area contributed by atoms with Gasteiger partial charge >= 0.3 is 0 Å². The van der Waals surface area contributed by atoms with Gasteiger partial charge in [-0.2, -0.15) is 0 Å². The summed E-state index contributed by atoms with van der Waals surface area (Å²) in [5.41, 5.74) is 13.3. The van der Waals surface area contributed by atoms with Gasteiger partial charge in [-0.15, -0.1) is 22.7 Å². The number of thiophene rings is 2. The van der Waals surface area contributed by atoms with Gasteiger partial charge in [-0.25, -0.2) is 8.78 Å². The number of halogens is 2. The van der Waals surface area contributed by atoms with E-state index in [0.29, 0.717) is 26.4 Å². The Morgan fingerprint density at radius 2 is 0.826 bits per heavy atom. The Hall–Kier alpha value is -7.51. The van der Waals surface area contributed by atoms with Crippen molar-refractivity contribution in [1.82, 2.24) is 0 Å². The number of hydrogen-bond acceptors (Lipinski definition) is 8. The number of ether oxygens (including phenoxy) is 4. The predicted molar refractivity (Wildman–Crippen MR) is 370 cm³/mol. The molecule has 2 saturated carbocycles. The summed E-state index contributed by atoms with van der Waals surface area (Å²) in [6.07, 6.45) is 1.37. The van der Waals surface area contributed by atoms with E-state index >= 15 is 0 Å². The zero-order chi connectivity index (χ0) is 64.1. The van der Waals surface area contributed by atoms with Crippen molar-refractivity contribution < 1.29 is 37.6 Å². The number of carbonyl (C=O) groups is 1. The number of ketones is 1. The molecule has 2 heterocycles. The van der Waals surface area contributed by atoms with Crippen LogP contribution in [0, 0.1) is 49.2 Å². The van der Waals surface area contributed by atoms with Crippen LogP contribution in [0.25, 0.3) is 20.9 Å². The van der Waals surface area contributed by atoms with Gasteiger partial charge < -0.3 is 24.1 Å². The zero-order valence-corrected chi connectivity index (χ0v) is 55.1. The van der Waals surface area contributed by atoms with Crippen LogP contribution in [0.5, 0.6) is 0 Å². The molecule has 10 aromatic rings. The average Bonchev–Trinajstić information content (AvgIpc) is 0.959. The Labute approximate surface area is 550 Å². The number of carbonyl (C=O) groups excluding carboxylic acids is 1. The first-order chi connectivity index (χ1) is 44.8. The van der Waals surface area contributed by atoms with E-state index in [-0.39, 0.29) is 65.3 Å². The summed E-state index contributed by atoms with van der Waals surface area (Å²) in [5.74, 6) is -0.838. The zero-order valence-electron chi connectivity index (χ0n) is 53.5. The minimum Gasteiger partial charge on any atom is -0.392 e. The molecule has 2 aliphatic carbocycles. The van der Waals surface area contributed by atoms with Crippen molar-refractivity contribution in [2.24, 2.45) is 23.7 Å². The molecule has 474 valence electrons. The predicted octanol–water partition coefficient (Wildman–Crippen LogP) is 19.7. The second-order valence-electron chi connectivity index (χ2n) is 25.0. The highest BCUT2D eigenvalue weighted by Crippen LogP contribution is 2.47. The van der Waals surface area contributed by atoms with E-state index in [1.807, 2.05) is 97.1 Å². The van der Waals surface area contributed by atoms with Gasteiger partial charge in [0, 0.05) is 44.2 Å². The van der Waals surface area contributed by atoms with Crippen LogP contribution in [0.4, 0.5) is 8.78 Å². The summed E-state index contributed by atoms with van der Waals surface area (Å²) in [7, 11) is 0. The Bertz CT molecular complexity index is 3930. The second kappa shape index (κ2) is 31.4. The molecule has 0 amide bonds. The summed E-state index contributed by atoms with van der Waals surface area (Å²) < 4.78 is 54.0. The van der Waals surface area contributed by atoms with Crippen LogP contribution in [0.3, 0.4) is 0 Å². The van der Waals surface area contributed by atoms with Crippen molar-refractivity contribution in [2.45, 2.75) is 136 Å². The number of aliphatic hydroxyl groups is 1. The molecule has 10 heteroatoms. The van der Waals surface area contributed by atoms with Crippen molar-refractivity contribution >= 4 is 28.5 Å². The van der Waals surface area contributed by atoms with Crippen molar-refractivity contribution in [1.29, 1.82) is 0 Å². The molecule has 6 nitrogen and oxygen atoms in total. The highest BCUT2D eigenvalue weighted by atomic mass is 32.1. The maximum atomic E-state index is 14.4. The fraction of sp³-hybridized carbons (Fsp3) is 0.305. The summed E-state index contributed by atoms with van der Waals surface area (Å²) in [4.78, 5) is 19.1. The molecule has 0 spiro atoms. The third-order valence-corrected chi connectivity index (χ3v) is 21.3. The Morgan fingerprint density at radius 3 is 1.25 bits per heavy atom. The number of aryl methyl sites for hydroxylation is 2. The van der Waals surface area contributed by atoms with Crippen LogP contribution >= 0.6 is 22.7 Å². The molecule has 92 heavy (non-hydrogen) atoms. The summed E-state index contributed by atoms with van der Waals surface area (Å²) >= 11 is 3.46. The van der Waals surface area contributed by atoms with Crippen LogP contribution in [0.15, 0.2) is 231 Å². The maximum Gasteiger partial charge on any atom is 0.146 e. The summed E-state index contributed by atoms with van der Waals surface area (Å²) in [5, 5.41) is 12.1. The van der Waals surface area contributed by atoms with Crippen molar-refractivity contribution in [3.05, 3.63) is 308 Å². The fourth-order valence-electron chi connectivity index (χ4n) is 13.8. The first kappa shape index (κ1) is 66.0. The highest BCUT2D eigenvalue weighted by molar-refractivity contribution is 7.15. The summed E-state index contributed by atoms with van der Waals surface area (Å²) in [6.45, 7) is 14.7. The van der Waals surface area contributed by atoms with Crippen LogP contribution in [0.2, 0.25) is 0 Å². The molecule has 8 aromatic carbocycles. The normalized spacial score (nSPS) is 22.2. The smallest absolute Gasteiger partial charge is 0.146 e. The van der Waals surface area contributed by atoms with E-state index < -0.39 is 18.1 Å².